The molecule has 96 valence electrons. The van der Waals surface area contributed by atoms with Gasteiger partial charge in [-0.2, -0.15) is 13.2 Å². The zero-order valence-corrected chi connectivity index (χ0v) is 9.77. The van der Waals surface area contributed by atoms with E-state index in [-0.39, 0.29) is 6.42 Å². The summed E-state index contributed by atoms with van der Waals surface area (Å²) < 4.78 is 35.6. The lowest BCUT2D eigenvalue weighted by atomic mass is 10.1. The van der Waals surface area contributed by atoms with Gasteiger partial charge >= 0.3 is 6.18 Å². The SMILES string of the molecule is Cc1ccc(CNCCCC(F)(F)F)cc1N. The van der Waals surface area contributed by atoms with Gasteiger partial charge in [-0.1, -0.05) is 12.1 Å². The second-order valence-electron chi connectivity index (χ2n) is 4.09. The van der Waals surface area contributed by atoms with E-state index in [0.717, 1.165) is 11.1 Å². The van der Waals surface area contributed by atoms with Gasteiger partial charge in [0.1, 0.15) is 0 Å². The number of nitrogen functional groups attached to an aromatic ring is 1. The van der Waals surface area contributed by atoms with Gasteiger partial charge in [0.05, 0.1) is 0 Å². The fourth-order valence-electron chi connectivity index (χ4n) is 1.45. The Morgan fingerprint density at radius 1 is 1.29 bits per heavy atom. The van der Waals surface area contributed by atoms with Crippen molar-refractivity contribution in [3.63, 3.8) is 0 Å². The van der Waals surface area contributed by atoms with Gasteiger partial charge in [-0.25, -0.2) is 0 Å². The minimum atomic E-state index is -4.06. The molecule has 1 aromatic carbocycles. The Bertz CT molecular complexity index is 361. The second kappa shape index (κ2) is 5.91. The monoisotopic (exact) mass is 246 g/mol. The first-order valence-electron chi connectivity index (χ1n) is 5.51. The Kier molecular flexibility index (Phi) is 4.81. The Balaban J connectivity index is 2.25. The number of hydrogen-bond acceptors (Lipinski definition) is 2. The molecule has 1 rings (SSSR count). The average Bonchev–Trinajstić information content (AvgIpc) is 2.21. The van der Waals surface area contributed by atoms with E-state index in [1.165, 1.54) is 0 Å². The van der Waals surface area contributed by atoms with E-state index in [2.05, 4.69) is 5.32 Å². The van der Waals surface area contributed by atoms with Crippen molar-refractivity contribution in [1.82, 2.24) is 5.32 Å². The van der Waals surface area contributed by atoms with Gasteiger partial charge in [-0.05, 0) is 37.1 Å². The number of anilines is 1. The fraction of sp³-hybridized carbons (Fsp3) is 0.500. The molecule has 0 aliphatic heterocycles. The summed E-state index contributed by atoms with van der Waals surface area (Å²) in [6.07, 6.45) is -4.70. The third kappa shape index (κ3) is 5.58. The highest BCUT2D eigenvalue weighted by Gasteiger charge is 2.25. The first-order chi connectivity index (χ1) is 7.88. The number of halogens is 3. The van der Waals surface area contributed by atoms with Gasteiger partial charge < -0.3 is 11.1 Å². The van der Waals surface area contributed by atoms with Crippen LogP contribution in [0.1, 0.15) is 24.0 Å². The minimum absolute atomic E-state index is 0.102. The first-order valence-corrected chi connectivity index (χ1v) is 5.51. The molecule has 0 unspecified atom stereocenters. The summed E-state index contributed by atoms with van der Waals surface area (Å²) in [5.74, 6) is 0. The second-order valence-corrected chi connectivity index (χ2v) is 4.09. The number of nitrogens with two attached hydrogens (primary N) is 1. The Morgan fingerprint density at radius 2 is 2.00 bits per heavy atom. The molecule has 0 aliphatic carbocycles. The largest absolute Gasteiger partial charge is 0.399 e. The molecular formula is C12H17F3N2. The topological polar surface area (TPSA) is 38.0 Å². The number of benzene rings is 1. The fourth-order valence-corrected chi connectivity index (χ4v) is 1.45. The highest BCUT2D eigenvalue weighted by atomic mass is 19.4. The van der Waals surface area contributed by atoms with Crippen LogP contribution in [0.25, 0.3) is 0 Å². The lowest BCUT2D eigenvalue weighted by Crippen LogP contribution is -2.17. The first kappa shape index (κ1) is 13.8. The molecule has 0 radical (unpaired) electrons. The molecule has 0 spiro atoms. The van der Waals surface area contributed by atoms with Gasteiger partial charge in [-0.3, -0.25) is 0 Å². The molecule has 2 nitrogen and oxygen atoms in total. The number of alkyl halides is 3. The highest BCUT2D eigenvalue weighted by molar-refractivity contribution is 5.48. The third-order valence-corrected chi connectivity index (χ3v) is 2.49. The smallest absolute Gasteiger partial charge is 0.389 e. The van der Waals surface area contributed by atoms with Crippen LogP contribution in [0.2, 0.25) is 0 Å². The summed E-state index contributed by atoms with van der Waals surface area (Å²) in [6.45, 7) is 2.81. The van der Waals surface area contributed by atoms with E-state index in [1.54, 1.807) is 0 Å². The van der Waals surface area contributed by atoms with Crippen LogP contribution in [-0.4, -0.2) is 12.7 Å². The van der Waals surface area contributed by atoms with E-state index < -0.39 is 12.6 Å². The number of rotatable bonds is 5. The van der Waals surface area contributed by atoms with Crippen molar-refractivity contribution in [3.8, 4) is 0 Å². The van der Waals surface area contributed by atoms with Crippen LogP contribution in [0.15, 0.2) is 18.2 Å². The van der Waals surface area contributed by atoms with E-state index in [1.807, 2.05) is 25.1 Å². The molecule has 0 saturated heterocycles. The molecule has 0 amide bonds. The Labute approximate surface area is 99.0 Å². The molecule has 1 aromatic rings. The van der Waals surface area contributed by atoms with Crippen LogP contribution in [0.4, 0.5) is 18.9 Å². The van der Waals surface area contributed by atoms with E-state index >= 15 is 0 Å². The Morgan fingerprint density at radius 3 is 2.59 bits per heavy atom. The van der Waals surface area contributed by atoms with Crippen LogP contribution in [0.3, 0.4) is 0 Å². The maximum Gasteiger partial charge on any atom is 0.389 e. The van der Waals surface area contributed by atoms with Crippen molar-refractivity contribution in [2.24, 2.45) is 0 Å². The van der Waals surface area contributed by atoms with Crippen LogP contribution in [0, 0.1) is 6.92 Å². The lowest BCUT2D eigenvalue weighted by molar-refractivity contribution is -0.135. The molecule has 0 aliphatic rings. The molecule has 0 saturated carbocycles. The van der Waals surface area contributed by atoms with Gasteiger partial charge in [0, 0.05) is 18.7 Å². The van der Waals surface area contributed by atoms with Gasteiger partial charge in [-0.15, -0.1) is 0 Å². The van der Waals surface area contributed by atoms with Crippen LogP contribution in [0.5, 0.6) is 0 Å². The maximum absolute atomic E-state index is 11.9. The summed E-state index contributed by atoms with van der Waals surface area (Å²) in [4.78, 5) is 0. The average molecular weight is 246 g/mol. The summed E-state index contributed by atoms with van der Waals surface area (Å²) in [5.41, 5.74) is 8.43. The minimum Gasteiger partial charge on any atom is -0.399 e. The van der Waals surface area contributed by atoms with Crippen molar-refractivity contribution in [2.45, 2.75) is 32.5 Å². The normalized spacial score (nSPS) is 11.8. The standard InChI is InChI=1S/C12H17F3N2/c1-9-3-4-10(7-11(9)16)8-17-6-2-5-12(13,14)15/h3-4,7,17H,2,5-6,8,16H2,1H3. The summed E-state index contributed by atoms with van der Waals surface area (Å²) in [5, 5.41) is 2.97. The van der Waals surface area contributed by atoms with Crippen LogP contribution in [-0.2, 0) is 6.54 Å². The number of hydrogen-bond donors (Lipinski definition) is 2. The van der Waals surface area contributed by atoms with Gasteiger partial charge in [0.15, 0.2) is 0 Å². The summed E-state index contributed by atoms with van der Waals surface area (Å²) in [6, 6.07) is 5.66. The van der Waals surface area contributed by atoms with Crippen molar-refractivity contribution in [3.05, 3.63) is 29.3 Å². The lowest BCUT2D eigenvalue weighted by Gasteiger charge is -2.08. The van der Waals surface area contributed by atoms with E-state index in [9.17, 15) is 13.2 Å². The predicted molar refractivity (Wildman–Crippen MR) is 62.6 cm³/mol. The number of aryl methyl sites for hydroxylation is 1. The van der Waals surface area contributed by atoms with Crippen LogP contribution >= 0.6 is 0 Å². The zero-order chi connectivity index (χ0) is 12.9. The van der Waals surface area contributed by atoms with E-state index in [0.29, 0.717) is 18.8 Å². The third-order valence-electron chi connectivity index (χ3n) is 2.49. The maximum atomic E-state index is 11.9. The Hall–Kier alpha value is -1.23. The predicted octanol–water partition coefficient (Wildman–Crippen LogP) is 3.01. The zero-order valence-electron chi connectivity index (χ0n) is 9.77. The van der Waals surface area contributed by atoms with Gasteiger partial charge in [0.25, 0.3) is 0 Å². The molecule has 0 bridgehead atoms. The molecule has 5 heteroatoms. The molecule has 3 N–H and O–H groups in total. The highest BCUT2D eigenvalue weighted by Crippen LogP contribution is 2.20. The molecule has 0 aromatic heterocycles. The van der Waals surface area contributed by atoms with Crippen molar-refractivity contribution < 1.29 is 13.2 Å². The molecular weight excluding hydrogens is 229 g/mol. The summed E-state index contributed by atoms with van der Waals surface area (Å²) >= 11 is 0. The number of nitrogens with one attached hydrogen (secondary N) is 1. The van der Waals surface area contributed by atoms with E-state index in [4.69, 9.17) is 5.73 Å². The van der Waals surface area contributed by atoms with Crippen molar-refractivity contribution in [1.29, 1.82) is 0 Å². The quantitative estimate of drug-likeness (QED) is 0.619. The van der Waals surface area contributed by atoms with Crippen LogP contribution < -0.4 is 11.1 Å². The van der Waals surface area contributed by atoms with Crippen molar-refractivity contribution >= 4 is 5.69 Å². The van der Waals surface area contributed by atoms with Gasteiger partial charge in [0.2, 0.25) is 0 Å². The molecule has 17 heavy (non-hydrogen) atoms. The molecule has 0 fully saturated rings. The van der Waals surface area contributed by atoms with Crippen molar-refractivity contribution in [2.75, 3.05) is 12.3 Å². The molecule has 0 heterocycles. The summed E-state index contributed by atoms with van der Waals surface area (Å²) in [7, 11) is 0. The molecule has 0 atom stereocenters.